The summed E-state index contributed by atoms with van der Waals surface area (Å²) in [6, 6.07) is 17.3. The summed E-state index contributed by atoms with van der Waals surface area (Å²) in [6.07, 6.45) is 5.14. The molecule has 0 bridgehead atoms. The van der Waals surface area contributed by atoms with E-state index in [-0.39, 0.29) is 17.8 Å². The molecule has 6 nitrogen and oxygen atoms in total. The molecule has 1 heterocycles. The Morgan fingerprint density at radius 3 is 2.61 bits per heavy atom. The van der Waals surface area contributed by atoms with Crippen LogP contribution in [0.3, 0.4) is 0 Å². The monoisotopic (exact) mass is 448 g/mol. The second-order valence-electron chi connectivity index (χ2n) is 7.96. The molecular weight excluding hydrogens is 416 g/mol. The maximum Gasteiger partial charge on any atom is 0.309 e. The molecule has 0 aliphatic carbocycles. The van der Waals surface area contributed by atoms with Crippen molar-refractivity contribution in [3.63, 3.8) is 0 Å². The standard InChI is InChI=1S/C27H32N2O4/c1-3-5-8-22(27(31)32-4-2)17-20-11-13-24(14-12-20)33-16-15-28-26(30)23-18-21-9-6-7-10-25(21)29-19-23/h6-7,9-14,18-19,22H,3-5,8,15-17H2,1-2H3,(H,28,30). The van der Waals surface area contributed by atoms with Gasteiger partial charge in [-0.05, 0) is 49.6 Å². The molecule has 0 saturated carbocycles. The molecule has 0 saturated heterocycles. The Bertz CT molecular complexity index is 1050. The molecule has 1 aromatic heterocycles. The van der Waals surface area contributed by atoms with Crippen molar-refractivity contribution in [2.75, 3.05) is 19.8 Å². The maximum absolute atomic E-state index is 12.4. The van der Waals surface area contributed by atoms with Gasteiger partial charge >= 0.3 is 5.97 Å². The highest BCUT2D eigenvalue weighted by molar-refractivity contribution is 5.97. The summed E-state index contributed by atoms with van der Waals surface area (Å²) >= 11 is 0. The number of benzene rings is 2. The Labute approximate surface area is 195 Å². The summed E-state index contributed by atoms with van der Waals surface area (Å²) in [5.74, 6) is 0.311. The Hall–Kier alpha value is -3.41. The molecule has 174 valence electrons. The summed E-state index contributed by atoms with van der Waals surface area (Å²) in [6.45, 7) is 5.10. The summed E-state index contributed by atoms with van der Waals surface area (Å²) in [5, 5.41) is 3.79. The van der Waals surface area contributed by atoms with Gasteiger partial charge in [-0.3, -0.25) is 14.6 Å². The molecule has 0 aliphatic rings. The lowest BCUT2D eigenvalue weighted by Gasteiger charge is -2.15. The number of nitrogens with zero attached hydrogens (tertiary/aromatic N) is 1. The zero-order valence-electron chi connectivity index (χ0n) is 19.4. The van der Waals surface area contributed by atoms with E-state index in [1.54, 1.807) is 6.20 Å². The minimum atomic E-state index is -0.177. The lowest BCUT2D eigenvalue weighted by atomic mass is 9.94. The number of fused-ring (bicyclic) bond motifs is 1. The van der Waals surface area contributed by atoms with Crippen LogP contribution in [0.1, 0.15) is 49.0 Å². The fourth-order valence-electron chi connectivity index (χ4n) is 3.65. The van der Waals surface area contributed by atoms with Gasteiger partial charge in [-0.2, -0.15) is 0 Å². The van der Waals surface area contributed by atoms with Gasteiger partial charge in [-0.15, -0.1) is 0 Å². The fraction of sp³-hybridized carbons (Fsp3) is 0.370. The number of para-hydroxylation sites is 1. The summed E-state index contributed by atoms with van der Waals surface area (Å²) in [4.78, 5) is 28.9. The summed E-state index contributed by atoms with van der Waals surface area (Å²) in [7, 11) is 0. The maximum atomic E-state index is 12.4. The highest BCUT2D eigenvalue weighted by Gasteiger charge is 2.19. The third kappa shape index (κ3) is 7.31. The molecule has 1 amide bonds. The molecule has 1 unspecified atom stereocenters. The molecule has 0 radical (unpaired) electrons. The molecule has 0 fully saturated rings. The Balaban J connectivity index is 1.45. The van der Waals surface area contributed by atoms with Gasteiger partial charge in [0.1, 0.15) is 12.4 Å². The molecule has 3 rings (SSSR count). The first-order valence-electron chi connectivity index (χ1n) is 11.6. The summed E-state index contributed by atoms with van der Waals surface area (Å²) < 4.78 is 11.0. The summed E-state index contributed by atoms with van der Waals surface area (Å²) in [5.41, 5.74) is 2.46. The third-order valence-electron chi connectivity index (χ3n) is 5.44. The number of ether oxygens (including phenoxy) is 2. The molecule has 33 heavy (non-hydrogen) atoms. The molecule has 6 heteroatoms. The SMILES string of the molecule is CCCCC(Cc1ccc(OCCNC(=O)c2cnc3ccccc3c2)cc1)C(=O)OCC. The number of amides is 1. The van der Waals surface area contributed by atoms with Crippen molar-refractivity contribution in [3.05, 3.63) is 71.9 Å². The number of carbonyl (C=O) groups excluding carboxylic acids is 2. The lowest BCUT2D eigenvalue weighted by Crippen LogP contribution is -2.28. The van der Waals surface area contributed by atoms with Crippen LogP contribution >= 0.6 is 0 Å². The van der Waals surface area contributed by atoms with Crippen LogP contribution in [0.5, 0.6) is 5.75 Å². The molecular formula is C27H32N2O4. The van der Waals surface area contributed by atoms with E-state index in [1.807, 2.05) is 61.5 Å². The van der Waals surface area contributed by atoms with Crippen LogP contribution in [0.15, 0.2) is 60.8 Å². The van der Waals surface area contributed by atoms with E-state index in [4.69, 9.17) is 9.47 Å². The smallest absolute Gasteiger partial charge is 0.309 e. The highest BCUT2D eigenvalue weighted by atomic mass is 16.5. The predicted octanol–water partition coefficient (Wildman–Crippen LogP) is 4.96. The number of aromatic nitrogens is 1. The quantitative estimate of drug-likeness (QED) is 0.313. The first-order valence-corrected chi connectivity index (χ1v) is 11.6. The van der Waals surface area contributed by atoms with Gasteiger partial charge in [0, 0.05) is 11.6 Å². The minimum Gasteiger partial charge on any atom is -0.492 e. The largest absolute Gasteiger partial charge is 0.492 e. The highest BCUT2D eigenvalue weighted by Crippen LogP contribution is 2.20. The van der Waals surface area contributed by atoms with E-state index in [1.165, 1.54) is 0 Å². The Morgan fingerprint density at radius 2 is 1.85 bits per heavy atom. The van der Waals surface area contributed by atoms with Gasteiger partial charge in [-0.25, -0.2) is 0 Å². The molecule has 1 atom stereocenters. The zero-order valence-corrected chi connectivity index (χ0v) is 19.4. The molecule has 2 aromatic carbocycles. The number of nitrogens with one attached hydrogen (secondary N) is 1. The zero-order chi connectivity index (χ0) is 23.5. The Kier molecular flexibility index (Phi) is 9.24. The minimum absolute atomic E-state index is 0.114. The average Bonchev–Trinajstić information content (AvgIpc) is 2.85. The van der Waals surface area contributed by atoms with Gasteiger partial charge in [0.15, 0.2) is 0 Å². The lowest BCUT2D eigenvalue weighted by molar-refractivity contribution is -0.148. The van der Waals surface area contributed by atoms with Crippen molar-refractivity contribution in [2.24, 2.45) is 5.92 Å². The van der Waals surface area contributed by atoms with Crippen LogP contribution in [0.4, 0.5) is 0 Å². The van der Waals surface area contributed by atoms with Crippen molar-refractivity contribution in [2.45, 2.75) is 39.5 Å². The van der Waals surface area contributed by atoms with Gasteiger partial charge in [0.2, 0.25) is 0 Å². The normalized spacial score (nSPS) is 11.7. The van der Waals surface area contributed by atoms with Gasteiger partial charge < -0.3 is 14.8 Å². The number of rotatable bonds is 12. The molecule has 1 N–H and O–H groups in total. The van der Waals surface area contributed by atoms with E-state index >= 15 is 0 Å². The van der Waals surface area contributed by atoms with E-state index in [0.29, 0.717) is 31.7 Å². The average molecular weight is 449 g/mol. The first-order chi connectivity index (χ1) is 16.1. The van der Waals surface area contributed by atoms with E-state index in [2.05, 4.69) is 17.2 Å². The number of unbranched alkanes of at least 4 members (excludes halogenated alkanes) is 1. The van der Waals surface area contributed by atoms with Crippen LogP contribution < -0.4 is 10.1 Å². The van der Waals surface area contributed by atoms with Crippen molar-refractivity contribution >= 4 is 22.8 Å². The number of pyridine rings is 1. The Morgan fingerprint density at radius 1 is 1.06 bits per heavy atom. The van der Waals surface area contributed by atoms with Crippen molar-refractivity contribution < 1.29 is 19.1 Å². The van der Waals surface area contributed by atoms with Crippen molar-refractivity contribution in [1.82, 2.24) is 10.3 Å². The fourth-order valence-corrected chi connectivity index (χ4v) is 3.65. The molecule has 0 aliphatic heterocycles. The second-order valence-corrected chi connectivity index (χ2v) is 7.96. The van der Waals surface area contributed by atoms with Gasteiger partial charge in [0.05, 0.1) is 30.1 Å². The second kappa shape index (κ2) is 12.6. The van der Waals surface area contributed by atoms with Crippen molar-refractivity contribution in [3.8, 4) is 5.75 Å². The van der Waals surface area contributed by atoms with Crippen LogP contribution in [-0.2, 0) is 16.0 Å². The van der Waals surface area contributed by atoms with Crippen LogP contribution in [0.2, 0.25) is 0 Å². The predicted molar refractivity (Wildman–Crippen MR) is 129 cm³/mol. The van der Waals surface area contributed by atoms with Gasteiger partial charge in [-0.1, -0.05) is 50.1 Å². The van der Waals surface area contributed by atoms with E-state index in [9.17, 15) is 9.59 Å². The van der Waals surface area contributed by atoms with Crippen LogP contribution in [0, 0.1) is 5.92 Å². The van der Waals surface area contributed by atoms with Crippen molar-refractivity contribution in [1.29, 1.82) is 0 Å². The number of carbonyl (C=O) groups is 2. The van der Waals surface area contributed by atoms with Crippen LogP contribution in [-0.4, -0.2) is 36.6 Å². The van der Waals surface area contributed by atoms with E-state index < -0.39 is 0 Å². The molecule has 0 spiro atoms. The third-order valence-corrected chi connectivity index (χ3v) is 5.44. The van der Waals surface area contributed by atoms with Crippen LogP contribution in [0.25, 0.3) is 10.9 Å². The number of hydrogen-bond acceptors (Lipinski definition) is 5. The molecule has 3 aromatic rings. The topological polar surface area (TPSA) is 77.5 Å². The first kappa shape index (κ1) is 24.2. The van der Waals surface area contributed by atoms with Gasteiger partial charge in [0.25, 0.3) is 5.91 Å². The van der Waals surface area contributed by atoms with E-state index in [0.717, 1.165) is 41.5 Å². The number of hydrogen-bond donors (Lipinski definition) is 1. The number of esters is 1.